The van der Waals surface area contributed by atoms with E-state index in [0.29, 0.717) is 11.5 Å². The minimum Gasteiger partial charge on any atom is -0.451 e. The van der Waals surface area contributed by atoms with Crippen molar-refractivity contribution in [3.05, 3.63) is 105 Å². The van der Waals surface area contributed by atoms with Gasteiger partial charge in [-0.3, -0.25) is 14.9 Å². The first-order valence-electron chi connectivity index (χ1n) is 11.0. The number of carbonyl (C=O) groups excluding carboxylic acids is 1. The molecule has 5 rings (SSSR count). The maximum atomic E-state index is 12.6. The average Bonchev–Trinajstić information content (AvgIpc) is 3.51. The minimum absolute atomic E-state index is 0.0758. The fourth-order valence-electron chi connectivity index (χ4n) is 3.78. The maximum absolute atomic E-state index is 12.6. The van der Waals surface area contributed by atoms with Crippen molar-refractivity contribution in [2.24, 2.45) is 0 Å². The Morgan fingerprint density at radius 1 is 0.971 bits per heavy atom. The minimum atomic E-state index is -0.482. The van der Waals surface area contributed by atoms with Crippen molar-refractivity contribution in [1.29, 1.82) is 0 Å². The van der Waals surface area contributed by atoms with Gasteiger partial charge in [-0.2, -0.15) is 0 Å². The smallest absolute Gasteiger partial charge is 0.287 e. The predicted octanol–water partition coefficient (Wildman–Crippen LogP) is 6.21. The van der Waals surface area contributed by atoms with Crippen LogP contribution in [0.5, 0.6) is 0 Å². The van der Waals surface area contributed by atoms with Crippen molar-refractivity contribution in [3.63, 3.8) is 0 Å². The van der Waals surface area contributed by atoms with E-state index in [9.17, 15) is 14.9 Å². The molecule has 8 heteroatoms. The summed E-state index contributed by atoms with van der Waals surface area (Å²) in [5.74, 6) is 0.463. The molecule has 0 saturated carbocycles. The van der Waals surface area contributed by atoms with Crippen LogP contribution in [0.1, 0.15) is 27.2 Å². The standard InChI is InChI=1S/C27H21N3O5/c1-16-13-21-25(14-17(16)2)35-27(29-21)19-9-7-18(8-10-19)15-28-26(31)24-12-11-23(34-24)20-5-3-4-6-22(20)30(32)33/h3-14H,15H2,1-2H3,(H,28,31). The molecule has 5 aromatic rings. The van der Waals surface area contributed by atoms with E-state index in [1.807, 2.05) is 50.2 Å². The first-order valence-corrected chi connectivity index (χ1v) is 11.0. The Morgan fingerprint density at radius 3 is 2.49 bits per heavy atom. The number of oxazole rings is 1. The van der Waals surface area contributed by atoms with Crippen LogP contribution < -0.4 is 5.32 Å². The summed E-state index contributed by atoms with van der Waals surface area (Å²) in [6, 6.07) is 20.9. The lowest BCUT2D eigenvalue weighted by Gasteiger charge is -2.04. The van der Waals surface area contributed by atoms with Crippen LogP contribution in [0.4, 0.5) is 5.69 Å². The van der Waals surface area contributed by atoms with Gasteiger partial charge < -0.3 is 14.2 Å². The molecule has 0 aliphatic heterocycles. The largest absolute Gasteiger partial charge is 0.451 e. The Hall–Kier alpha value is -4.72. The Bertz CT molecular complexity index is 1520. The van der Waals surface area contributed by atoms with Gasteiger partial charge in [0, 0.05) is 18.2 Å². The predicted molar refractivity (Wildman–Crippen MR) is 131 cm³/mol. The van der Waals surface area contributed by atoms with Crippen LogP contribution in [0.15, 0.2) is 81.6 Å². The third kappa shape index (κ3) is 4.41. The molecule has 0 unspecified atom stereocenters. The Kier molecular flexibility index (Phi) is 5.62. The summed E-state index contributed by atoms with van der Waals surface area (Å²) in [6.45, 7) is 4.36. The number of nitro groups is 1. The molecular weight excluding hydrogens is 446 g/mol. The molecule has 0 spiro atoms. The number of nitrogens with one attached hydrogen (secondary N) is 1. The summed E-state index contributed by atoms with van der Waals surface area (Å²) < 4.78 is 11.5. The van der Waals surface area contributed by atoms with Gasteiger partial charge in [0.05, 0.1) is 10.5 Å². The fraction of sp³-hybridized carbons (Fsp3) is 0.111. The number of furan rings is 1. The molecule has 3 aromatic carbocycles. The third-order valence-electron chi connectivity index (χ3n) is 5.85. The van der Waals surface area contributed by atoms with Gasteiger partial charge in [-0.15, -0.1) is 0 Å². The summed E-state index contributed by atoms with van der Waals surface area (Å²) in [5.41, 5.74) is 5.83. The zero-order valence-electron chi connectivity index (χ0n) is 19.1. The number of para-hydroxylation sites is 1. The van der Waals surface area contributed by atoms with Gasteiger partial charge in [-0.05, 0) is 73.0 Å². The van der Waals surface area contributed by atoms with Crippen molar-refractivity contribution < 1.29 is 18.6 Å². The van der Waals surface area contributed by atoms with Crippen LogP contribution in [-0.2, 0) is 6.54 Å². The van der Waals surface area contributed by atoms with Crippen molar-refractivity contribution >= 4 is 22.7 Å². The lowest BCUT2D eigenvalue weighted by atomic mass is 10.1. The van der Waals surface area contributed by atoms with E-state index in [-0.39, 0.29) is 23.8 Å². The highest BCUT2D eigenvalue weighted by atomic mass is 16.6. The van der Waals surface area contributed by atoms with E-state index in [1.54, 1.807) is 24.3 Å². The molecule has 2 heterocycles. The number of amides is 1. The number of nitrogens with zero attached hydrogens (tertiary/aromatic N) is 2. The first-order chi connectivity index (χ1) is 16.9. The van der Waals surface area contributed by atoms with Crippen molar-refractivity contribution in [2.45, 2.75) is 20.4 Å². The second-order valence-corrected chi connectivity index (χ2v) is 8.24. The normalized spacial score (nSPS) is 11.0. The molecule has 2 aromatic heterocycles. The highest BCUT2D eigenvalue weighted by Crippen LogP contribution is 2.31. The molecule has 174 valence electrons. The summed E-state index contributed by atoms with van der Waals surface area (Å²) >= 11 is 0. The molecule has 35 heavy (non-hydrogen) atoms. The second-order valence-electron chi connectivity index (χ2n) is 8.24. The SMILES string of the molecule is Cc1cc2nc(-c3ccc(CNC(=O)c4ccc(-c5ccccc5[N+](=O)[O-])o4)cc3)oc2cc1C. The quantitative estimate of drug-likeness (QED) is 0.235. The molecule has 1 amide bonds. The van der Waals surface area contributed by atoms with E-state index < -0.39 is 10.8 Å². The van der Waals surface area contributed by atoms with Crippen LogP contribution in [0.25, 0.3) is 33.9 Å². The van der Waals surface area contributed by atoms with Gasteiger partial charge in [0.1, 0.15) is 11.3 Å². The van der Waals surface area contributed by atoms with Gasteiger partial charge in [-0.25, -0.2) is 4.98 Å². The Labute approximate surface area is 200 Å². The van der Waals surface area contributed by atoms with Gasteiger partial charge >= 0.3 is 0 Å². The van der Waals surface area contributed by atoms with Gasteiger partial charge in [0.25, 0.3) is 11.6 Å². The van der Waals surface area contributed by atoms with E-state index in [2.05, 4.69) is 10.3 Å². The van der Waals surface area contributed by atoms with Crippen LogP contribution in [0, 0.1) is 24.0 Å². The summed E-state index contributed by atoms with van der Waals surface area (Å²) in [7, 11) is 0. The number of carbonyl (C=O) groups is 1. The molecule has 0 saturated heterocycles. The van der Waals surface area contributed by atoms with Crippen LogP contribution in [0.3, 0.4) is 0 Å². The zero-order valence-corrected chi connectivity index (χ0v) is 19.1. The van der Waals surface area contributed by atoms with Gasteiger partial charge in [0.2, 0.25) is 5.89 Å². The molecule has 0 atom stereocenters. The van der Waals surface area contributed by atoms with Crippen LogP contribution >= 0.6 is 0 Å². The van der Waals surface area contributed by atoms with E-state index in [4.69, 9.17) is 8.83 Å². The van der Waals surface area contributed by atoms with Gasteiger partial charge in [0.15, 0.2) is 11.3 Å². The average molecular weight is 467 g/mol. The van der Waals surface area contributed by atoms with Crippen LogP contribution in [0.2, 0.25) is 0 Å². The number of aromatic nitrogens is 1. The number of benzene rings is 3. The number of aryl methyl sites for hydroxylation is 2. The van der Waals surface area contributed by atoms with Crippen molar-refractivity contribution in [3.8, 4) is 22.8 Å². The summed E-state index contributed by atoms with van der Waals surface area (Å²) in [4.78, 5) is 27.9. The summed E-state index contributed by atoms with van der Waals surface area (Å²) in [6.07, 6.45) is 0. The summed E-state index contributed by atoms with van der Waals surface area (Å²) in [5, 5.41) is 14.1. The zero-order chi connectivity index (χ0) is 24.5. The molecular formula is C27H21N3O5. The molecule has 1 N–H and O–H groups in total. The highest BCUT2D eigenvalue weighted by molar-refractivity contribution is 5.92. The monoisotopic (exact) mass is 467 g/mol. The van der Waals surface area contributed by atoms with E-state index >= 15 is 0 Å². The number of hydrogen-bond acceptors (Lipinski definition) is 6. The van der Waals surface area contributed by atoms with Gasteiger partial charge in [-0.1, -0.05) is 24.3 Å². The lowest BCUT2D eigenvalue weighted by Crippen LogP contribution is -2.22. The van der Waals surface area contributed by atoms with E-state index in [1.165, 1.54) is 12.1 Å². The molecule has 0 radical (unpaired) electrons. The van der Waals surface area contributed by atoms with Crippen LogP contribution in [-0.4, -0.2) is 15.8 Å². The molecule has 0 fully saturated rings. The number of hydrogen-bond donors (Lipinski definition) is 1. The molecule has 8 nitrogen and oxygen atoms in total. The first kappa shape index (κ1) is 22.1. The lowest BCUT2D eigenvalue weighted by molar-refractivity contribution is -0.384. The third-order valence-corrected chi connectivity index (χ3v) is 5.85. The van der Waals surface area contributed by atoms with E-state index in [0.717, 1.165) is 33.4 Å². The Morgan fingerprint density at radius 2 is 1.71 bits per heavy atom. The molecule has 0 aliphatic carbocycles. The number of nitro benzene ring substituents is 1. The molecule has 0 aliphatic rings. The molecule has 0 bridgehead atoms. The Balaban J connectivity index is 1.26. The number of rotatable bonds is 6. The second kappa shape index (κ2) is 8.90. The van der Waals surface area contributed by atoms with Crippen molar-refractivity contribution in [2.75, 3.05) is 0 Å². The topological polar surface area (TPSA) is 111 Å². The maximum Gasteiger partial charge on any atom is 0.287 e. The highest BCUT2D eigenvalue weighted by Gasteiger charge is 2.19. The van der Waals surface area contributed by atoms with Crippen molar-refractivity contribution in [1.82, 2.24) is 10.3 Å². The number of fused-ring (bicyclic) bond motifs is 1. The fourth-order valence-corrected chi connectivity index (χ4v) is 3.78.